The standard InChI is InChI=1S/C24H34N2O5/c1-30-20-14-16(15-21(31-2)22(20)27)13-19(23(28)25-17-9-5-3-6-10-17)24(29)26-18-11-7-4-8-12-18/h13-15,17-18,27H,3-12H2,1-2H3,(H,25,28)(H,26,29). The number of benzene rings is 1. The molecule has 0 bridgehead atoms. The van der Waals surface area contributed by atoms with E-state index in [0.717, 1.165) is 51.4 Å². The maximum atomic E-state index is 13.1. The molecule has 0 atom stereocenters. The minimum atomic E-state index is -0.369. The van der Waals surface area contributed by atoms with E-state index >= 15 is 0 Å². The third kappa shape index (κ3) is 6.15. The summed E-state index contributed by atoms with van der Waals surface area (Å²) in [4.78, 5) is 26.2. The molecule has 2 aliphatic rings. The van der Waals surface area contributed by atoms with Crippen molar-refractivity contribution in [2.45, 2.75) is 76.3 Å². The van der Waals surface area contributed by atoms with Gasteiger partial charge in [-0.25, -0.2) is 0 Å². The summed E-state index contributed by atoms with van der Waals surface area (Å²) < 4.78 is 10.4. The molecule has 0 aromatic heterocycles. The molecule has 3 rings (SSSR count). The zero-order chi connectivity index (χ0) is 22.2. The minimum absolute atomic E-state index is 0.0611. The van der Waals surface area contributed by atoms with Gasteiger partial charge in [-0.1, -0.05) is 38.5 Å². The van der Waals surface area contributed by atoms with E-state index in [4.69, 9.17) is 9.47 Å². The number of aromatic hydroxyl groups is 1. The van der Waals surface area contributed by atoms with E-state index in [-0.39, 0.29) is 46.7 Å². The van der Waals surface area contributed by atoms with Crippen molar-refractivity contribution >= 4 is 17.9 Å². The highest BCUT2D eigenvalue weighted by Crippen LogP contribution is 2.37. The monoisotopic (exact) mass is 430 g/mol. The Balaban J connectivity index is 1.88. The number of ether oxygens (including phenoxy) is 2. The van der Waals surface area contributed by atoms with Gasteiger partial charge in [0, 0.05) is 12.1 Å². The molecule has 2 aliphatic carbocycles. The molecular weight excluding hydrogens is 396 g/mol. The van der Waals surface area contributed by atoms with Crippen LogP contribution in [-0.4, -0.2) is 43.2 Å². The maximum absolute atomic E-state index is 13.1. The lowest BCUT2D eigenvalue weighted by Crippen LogP contribution is -2.43. The van der Waals surface area contributed by atoms with Crippen molar-refractivity contribution in [3.05, 3.63) is 23.3 Å². The average molecular weight is 431 g/mol. The molecule has 170 valence electrons. The van der Waals surface area contributed by atoms with Crippen molar-refractivity contribution in [1.29, 1.82) is 0 Å². The number of methoxy groups -OCH3 is 2. The van der Waals surface area contributed by atoms with Crippen LogP contribution < -0.4 is 20.1 Å². The lowest BCUT2D eigenvalue weighted by atomic mass is 9.94. The van der Waals surface area contributed by atoms with Crippen LogP contribution in [-0.2, 0) is 9.59 Å². The molecule has 1 aromatic rings. The lowest BCUT2D eigenvalue weighted by Gasteiger charge is -2.25. The van der Waals surface area contributed by atoms with Crippen molar-refractivity contribution < 1.29 is 24.2 Å². The number of carbonyl (C=O) groups is 2. The van der Waals surface area contributed by atoms with Gasteiger partial charge in [0.25, 0.3) is 11.8 Å². The summed E-state index contributed by atoms with van der Waals surface area (Å²) in [6.07, 6.45) is 12.0. The number of hydrogen-bond acceptors (Lipinski definition) is 5. The number of phenolic OH excluding ortho intramolecular Hbond substituents is 1. The van der Waals surface area contributed by atoms with E-state index in [9.17, 15) is 14.7 Å². The van der Waals surface area contributed by atoms with Gasteiger partial charge in [-0.15, -0.1) is 0 Å². The van der Waals surface area contributed by atoms with Crippen molar-refractivity contribution in [1.82, 2.24) is 10.6 Å². The van der Waals surface area contributed by atoms with Gasteiger partial charge in [0.15, 0.2) is 11.5 Å². The SMILES string of the molecule is COc1cc(C=C(C(=O)NC2CCCCC2)C(=O)NC2CCCCC2)cc(OC)c1O. The van der Waals surface area contributed by atoms with Crippen LogP contribution in [0.15, 0.2) is 17.7 Å². The number of amides is 2. The van der Waals surface area contributed by atoms with E-state index < -0.39 is 0 Å². The van der Waals surface area contributed by atoms with Crippen molar-refractivity contribution in [2.75, 3.05) is 14.2 Å². The fourth-order valence-electron chi connectivity index (χ4n) is 4.42. The normalized spacial score (nSPS) is 17.5. The lowest BCUT2D eigenvalue weighted by molar-refractivity contribution is -0.124. The summed E-state index contributed by atoms with van der Waals surface area (Å²) in [5.74, 6) is -0.435. The van der Waals surface area contributed by atoms with E-state index in [1.165, 1.54) is 27.1 Å². The van der Waals surface area contributed by atoms with E-state index in [0.29, 0.717) is 5.56 Å². The molecule has 1 aromatic carbocycles. The largest absolute Gasteiger partial charge is 0.502 e. The first-order valence-corrected chi connectivity index (χ1v) is 11.3. The third-order valence-electron chi connectivity index (χ3n) is 6.18. The number of hydrogen-bond donors (Lipinski definition) is 3. The maximum Gasteiger partial charge on any atom is 0.257 e. The second kappa shape index (κ2) is 11.1. The highest BCUT2D eigenvalue weighted by atomic mass is 16.5. The van der Waals surface area contributed by atoms with Gasteiger partial charge < -0.3 is 25.2 Å². The molecule has 2 fully saturated rings. The summed E-state index contributed by atoms with van der Waals surface area (Å²) in [6.45, 7) is 0. The molecule has 0 unspecified atom stereocenters. The van der Waals surface area contributed by atoms with Gasteiger partial charge in [0.1, 0.15) is 5.57 Å². The van der Waals surface area contributed by atoms with Gasteiger partial charge in [-0.3, -0.25) is 9.59 Å². The quantitative estimate of drug-likeness (QED) is 0.348. The van der Waals surface area contributed by atoms with Crippen LogP contribution in [0.1, 0.15) is 69.8 Å². The highest BCUT2D eigenvalue weighted by molar-refractivity contribution is 6.21. The van der Waals surface area contributed by atoms with Crippen molar-refractivity contribution in [2.24, 2.45) is 0 Å². The van der Waals surface area contributed by atoms with Crippen LogP contribution in [0.25, 0.3) is 6.08 Å². The van der Waals surface area contributed by atoms with Crippen LogP contribution in [0.5, 0.6) is 17.2 Å². The van der Waals surface area contributed by atoms with Crippen molar-refractivity contribution in [3.8, 4) is 17.2 Å². The summed E-state index contributed by atoms with van der Waals surface area (Å²) >= 11 is 0. The fraction of sp³-hybridized carbons (Fsp3) is 0.583. The number of nitrogens with one attached hydrogen (secondary N) is 2. The Hall–Kier alpha value is -2.70. The van der Waals surface area contributed by atoms with Gasteiger partial charge in [-0.05, 0) is 49.5 Å². The molecule has 2 saturated carbocycles. The predicted octanol–water partition coefficient (Wildman–Crippen LogP) is 3.69. The van der Waals surface area contributed by atoms with Crippen LogP contribution in [0.2, 0.25) is 0 Å². The van der Waals surface area contributed by atoms with Crippen LogP contribution in [0.3, 0.4) is 0 Å². The molecule has 0 radical (unpaired) electrons. The van der Waals surface area contributed by atoms with E-state index in [2.05, 4.69) is 10.6 Å². The topological polar surface area (TPSA) is 96.9 Å². The van der Waals surface area contributed by atoms with Crippen LogP contribution in [0.4, 0.5) is 0 Å². The predicted molar refractivity (Wildman–Crippen MR) is 119 cm³/mol. The van der Waals surface area contributed by atoms with Gasteiger partial charge in [-0.2, -0.15) is 0 Å². The Morgan fingerprint density at radius 2 is 1.26 bits per heavy atom. The minimum Gasteiger partial charge on any atom is -0.502 e. The summed E-state index contributed by atoms with van der Waals surface area (Å²) in [6, 6.07) is 3.35. The summed E-state index contributed by atoms with van der Waals surface area (Å²) in [5, 5.41) is 16.3. The van der Waals surface area contributed by atoms with Crippen LogP contribution in [0, 0.1) is 0 Å². The second-order valence-corrected chi connectivity index (χ2v) is 8.45. The Kier molecular flexibility index (Phi) is 8.20. The molecule has 0 saturated heterocycles. The smallest absolute Gasteiger partial charge is 0.257 e. The van der Waals surface area contributed by atoms with E-state index in [1.807, 2.05) is 0 Å². The first kappa shape index (κ1) is 23.0. The number of phenols is 1. The molecule has 2 amide bonds. The zero-order valence-corrected chi connectivity index (χ0v) is 18.5. The molecule has 0 aliphatic heterocycles. The van der Waals surface area contributed by atoms with Crippen LogP contribution >= 0.6 is 0 Å². The summed E-state index contributed by atoms with van der Waals surface area (Å²) in [7, 11) is 2.88. The molecule has 0 heterocycles. The Morgan fingerprint density at radius 3 is 1.65 bits per heavy atom. The summed E-state index contributed by atoms with van der Waals surface area (Å²) in [5.41, 5.74) is 0.602. The second-order valence-electron chi connectivity index (χ2n) is 8.45. The fourth-order valence-corrected chi connectivity index (χ4v) is 4.42. The molecule has 31 heavy (non-hydrogen) atoms. The molecular formula is C24H34N2O5. The third-order valence-corrected chi connectivity index (χ3v) is 6.18. The first-order valence-electron chi connectivity index (χ1n) is 11.3. The number of rotatable bonds is 7. The van der Waals surface area contributed by atoms with Gasteiger partial charge in [0.2, 0.25) is 5.75 Å². The highest BCUT2D eigenvalue weighted by Gasteiger charge is 2.25. The molecule has 7 heteroatoms. The van der Waals surface area contributed by atoms with E-state index in [1.54, 1.807) is 18.2 Å². The van der Waals surface area contributed by atoms with Gasteiger partial charge in [0.05, 0.1) is 14.2 Å². The Labute approximate surface area is 184 Å². The zero-order valence-electron chi connectivity index (χ0n) is 18.5. The van der Waals surface area contributed by atoms with Gasteiger partial charge >= 0.3 is 0 Å². The first-order chi connectivity index (χ1) is 15.0. The van der Waals surface area contributed by atoms with Crippen molar-refractivity contribution in [3.63, 3.8) is 0 Å². The Bertz CT molecular complexity index is 749. The molecule has 7 nitrogen and oxygen atoms in total. The Morgan fingerprint density at radius 1 is 0.839 bits per heavy atom. The number of carbonyl (C=O) groups excluding carboxylic acids is 2. The molecule has 3 N–H and O–H groups in total. The average Bonchev–Trinajstić information content (AvgIpc) is 2.79. The molecule has 0 spiro atoms.